The molecule has 0 saturated heterocycles. The molecule has 1 aromatic carbocycles. The third kappa shape index (κ3) is 1.99. The molecule has 1 aromatic rings. The lowest BCUT2D eigenvalue weighted by molar-refractivity contribution is 0.597. The Kier molecular flexibility index (Phi) is 3.12. The minimum Gasteiger partial charge on any atom is -0.324 e. The highest BCUT2D eigenvalue weighted by Gasteiger charge is 2.04. The maximum absolute atomic E-state index is 13.1. The average molecular weight is 185 g/mol. The number of nitrogens with two attached hydrogens (primary N) is 1. The Balaban J connectivity index is 3.02. The molecular formula is C9H12FNS. The Hall–Kier alpha value is -0.540. The van der Waals surface area contributed by atoms with Gasteiger partial charge >= 0.3 is 0 Å². The standard InChI is InChI=1S/C9H12FNS/c1-6(11)7-3-4-9(12-2)8(10)5-7/h3-6H,11H2,1-2H3. The predicted octanol–water partition coefficient (Wildman–Crippen LogP) is 2.57. The number of rotatable bonds is 2. The molecule has 0 amide bonds. The molecule has 0 aromatic heterocycles. The van der Waals surface area contributed by atoms with E-state index in [-0.39, 0.29) is 11.9 Å². The summed E-state index contributed by atoms with van der Waals surface area (Å²) >= 11 is 1.40. The Labute approximate surface area is 76.2 Å². The van der Waals surface area contributed by atoms with Gasteiger partial charge in [0, 0.05) is 10.9 Å². The van der Waals surface area contributed by atoms with E-state index in [0.717, 1.165) is 5.56 Å². The number of halogens is 1. The second kappa shape index (κ2) is 3.92. The van der Waals surface area contributed by atoms with Crippen molar-refractivity contribution in [3.05, 3.63) is 29.6 Å². The van der Waals surface area contributed by atoms with Gasteiger partial charge < -0.3 is 5.73 Å². The average Bonchev–Trinajstić information content (AvgIpc) is 2.04. The molecule has 1 atom stereocenters. The molecule has 0 aliphatic rings. The molecule has 1 unspecified atom stereocenters. The van der Waals surface area contributed by atoms with Crippen molar-refractivity contribution < 1.29 is 4.39 Å². The summed E-state index contributed by atoms with van der Waals surface area (Å²) in [5.41, 5.74) is 6.44. The van der Waals surface area contributed by atoms with E-state index >= 15 is 0 Å². The van der Waals surface area contributed by atoms with Crippen LogP contribution in [-0.4, -0.2) is 6.26 Å². The van der Waals surface area contributed by atoms with Crippen molar-refractivity contribution in [2.45, 2.75) is 17.9 Å². The van der Waals surface area contributed by atoms with Crippen LogP contribution >= 0.6 is 11.8 Å². The van der Waals surface area contributed by atoms with E-state index in [4.69, 9.17) is 5.73 Å². The zero-order chi connectivity index (χ0) is 9.14. The first-order chi connectivity index (χ1) is 5.65. The maximum Gasteiger partial charge on any atom is 0.137 e. The van der Waals surface area contributed by atoms with E-state index in [9.17, 15) is 4.39 Å². The van der Waals surface area contributed by atoms with Gasteiger partial charge in [-0.3, -0.25) is 0 Å². The third-order valence-corrected chi connectivity index (χ3v) is 2.47. The van der Waals surface area contributed by atoms with Gasteiger partial charge in [0.1, 0.15) is 5.82 Å². The Bertz CT molecular complexity index is 273. The third-order valence-electron chi connectivity index (χ3n) is 1.70. The highest BCUT2D eigenvalue weighted by molar-refractivity contribution is 7.98. The van der Waals surface area contributed by atoms with Crippen molar-refractivity contribution in [3.63, 3.8) is 0 Å². The first-order valence-corrected chi connectivity index (χ1v) is 4.96. The first kappa shape index (κ1) is 9.55. The van der Waals surface area contributed by atoms with Crippen LogP contribution in [0.5, 0.6) is 0 Å². The molecule has 3 heteroatoms. The molecule has 0 spiro atoms. The Morgan fingerprint density at radius 2 is 2.17 bits per heavy atom. The molecule has 2 N–H and O–H groups in total. The highest BCUT2D eigenvalue weighted by atomic mass is 32.2. The molecule has 0 heterocycles. The zero-order valence-corrected chi connectivity index (χ0v) is 7.99. The van der Waals surface area contributed by atoms with Crippen molar-refractivity contribution in [2.24, 2.45) is 5.73 Å². The second-order valence-corrected chi connectivity index (χ2v) is 3.53. The molecule has 12 heavy (non-hydrogen) atoms. The van der Waals surface area contributed by atoms with Gasteiger partial charge in [-0.05, 0) is 30.9 Å². The minimum atomic E-state index is -0.183. The van der Waals surface area contributed by atoms with Crippen molar-refractivity contribution in [1.82, 2.24) is 0 Å². The van der Waals surface area contributed by atoms with E-state index < -0.39 is 0 Å². The normalized spacial score (nSPS) is 13.0. The fourth-order valence-corrected chi connectivity index (χ4v) is 1.42. The van der Waals surface area contributed by atoms with Gasteiger partial charge in [-0.15, -0.1) is 11.8 Å². The summed E-state index contributed by atoms with van der Waals surface area (Å²) in [5.74, 6) is -0.183. The van der Waals surface area contributed by atoms with Crippen LogP contribution in [0.1, 0.15) is 18.5 Å². The summed E-state index contributed by atoms with van der Waals surface area (Å²) in [7, 11) is 0. The van der Waals surface area contributed by atoms with Gasteiger partial charge in [-0.25, -0.2) is 4.39 Å². The van der Waals surface area contributed by atoms with Gasteiger partial charge in [-0.2, -0.15) is 0 Å². The van der Waals surface area contributed by atoms with Gasteiger partial charge in [0.2, 0.25) is 0 Å². The predicted molar refractivity (Wildman–Crippen MR) is 50.8 cm³/mol. The van der Waals surface area contributed by atoms with E-state index in [0.29, 0.717) is 4.90 Å². The second-order valence-electron chi connectivity index (χ2n) is 2.68. The monoisotopic (exact) mass is 185 g/mol. The quantitative estimate of drug-likeness (QED) is 0.717. The molecule has 0 bridgehead atoms. The van der Waals surface area contributed by atoms with Crippen LogP contribution in [0.15, 0.2) is 23.1 Å². The lowest BCUT2D eigenvalue weighted by Gasteiger charge is -2.06. The lowest BCUT2D eigenvalue weighted by atomic mass is 10.1. The largest absolute Gasteiger partial charge is 0.324 e. The van der Waals surface area contributed by atoms with E-state index in [1.54, 1.807) is 6.07 Å². The fourth-order valence-electron chi connectivity index (χ4n) is 0.966. The molecule has 0 aliphatic carbocycles. The SMILES string of the molecule is CSc1ccc(C(C)N)cc1F. The number of thioether (sulfide) groups is 1. The molecule has 66 valence electrons. The van der Waals surface area contributed by atoms with Gasteiger partial charge in [-0.1, -0.05) is 6.07 Å². The summed E-state index contributed by atoms with van der Waals surface area (Å²) in [6, 6.07) is 5.02. The van der Waals surface area contributed by atoms with Crippen LogP contribution in [-0.2, 0) is 0 Å². The molecule has 0 saturated carbocycles. The van der Waals surface area contributed by atoms with Crippen LogP contribution < -0.4 is 5.73 Å². The smallest absolute Gasteiger partial charge is 0.137 e. The van der Waals surface area contributed by atoms with Crippen molar-refractivity contribution in [2.75, 3.05) is 6.26 Å². The van der Waals surface area contributed by atoms with Crippen LogP contribution in [0.25, 0.3) is 0 Å². The number of hydrogen-bond acceptors (Lipinski definition) is 2. The fraction of sp³-hybridized carbons (Fsp3) is 0.333. The molecule has 1 nitrogen and oxygen atoms in total. The highest BCUT2D eigenvalue weighted by Crippen LogP contribution is 2.21. The van der Waals surface area contributed by atoms with Gasteiger partial charge in [0.05, 0.1) is 0 Å². The first-order valence-electron chi connectivity index (χ1n) is 3.74. The minimum absolute atomic E-state index is 0.101. The molecule has 0 radical (unpaired) electrons. The van der Waals surface area contributed by atoms with Crippen molar-refractivity contribution in [1.29, 1.82) is 0 Å². The van der Waals surface area contributed by atoms with E-state index in [1.807, 2.05) is 19.2 Å². The summed E-state index contributed by atoms with van der Waals surface area (Å²) < 4.78 is 13.1. The lowest BCUT2D eigenvalue weighted by Crippen LogP contribution is -2.05. The number of hydrogen-bond donors (Lipinski definition) is 1. The van der Waals surface area contributed by atoms with Crippen LogP contribution in [0.3, 0.4) is 0 Å². The molecule has 1 rings (SSSR count). The summed E-state index contributed by atoms with van der Waals surface area (Å²) in [5, 5.41) is 0. The summed E-state index contributed by atoms with van der Waals surface area (Å²) in [6.07, 6.45) is 1.85. The van der Waals surface area contributed by atoms with Crippen LogP contribution in [0, 0.1) is 5.82 Å². The molecule has 0 aliphatic heterocycles. The zero-order valence-electron chi connectivity index (χ0n) is 7.17. The molecular weight excluding hydrogens is 173 g/mol. The Morgan fingerprint density at radius 3 is 2.58 bits per heavy atom. The van der Waals surface area contributed by atoms with Crippen molar-refractivity contribution >= 4 is 11.8 Å². The van der Waals surface area contributed by atoms with Crippen LogP contribution in [0.4, 0.5) is 4.39 Å². The Morgan fingerprint density at radius 1 is 1.50 bits per heavy atom. The van der Waals surface area contributed by atoms with E-state index in [1.165, 1.54) is 17.8 Å². The van der Waals surface area contributed by atoms with E-state index in [2.05, 4.69) is 0 Å². The van der Waals surface area contributed by atoms with Crippen molar-refractivity contribution in [3.8, 4) is 0 Å². The number of benzene rings is 1. The maximum atomic E-state index is 13.1. The van der Waals surface area contributed by atoms with Gasteiger partial charge in [0.25, 0.3) is 0 Å². The van der Waals surface area contributed by atoms with Gasteiger partial charge in [0.15, 0.2) is 0 Å². The molecule has 0 fully saturated rings. The summed E-state index contributed by atoms with van der Waals surface area (Å²) in [4.78, 5) is 0.666. The summed E-state index contributed by atoms with van der Waals surface area (Å²) in [6.45, 7) is 1.84. The van der Waals surface area contributed by atoms with Crippen LogP contribution in [0.2, 0.25) is 0 Å². The topological polar surface area (TPSA) is 26.0 Å².